The fourth-order valence-electron chi connectivity index (χ4n) is 21.2. The molecule has 18 aromatic carbocycles. The lowest BCUT2D eigenvalue weighted by atomic mass is 9.67. The first-order valence-electron chi connectivity index (χ1n) is 45.5. The van der Waals surface area contributed by atoms with Gasteiger partial charge in [0.15, 0.2) is 34.9 Å². The summed E-state index contributed by atoms with van der Waals surface area (Å²) in [4.78, 5) is 29.1. The molecular formula is C123H88BBrN6O2S2. The molecule has 135 heavy (non-hydrogen) atoms. The third kappa shape index (κ3) is 13.6. The average Bonchev–Trinajstić information content (AvgIpc) is 1.51. The van der Waals surface area contributed by atoms with Crippen LogP contribution in [0.4, 0.5) is 0 Å². The van der Waals surface area contributed by atoms with Crippen LogP contribution < -0.4 is 5.46 Å². The maximum absolute atomic E-state index is 6.86. The molecule has 4 aliphatic carbocycles. The Hall–Kier alpha value is -15.1. The van der Waals surface area contributed by atoms with E-state index >= 15 is 0 Å². The van der Waals surface area contributed by atoms with Gasteiger partial charge in [-0.3, -0.25) is 0 Å². The molecule has 22 aromatic rings. The lowest BCUT2D eigenvalue weighted by Gasteiger charge is -2.32. The van der Waals surface area contributed by atoms with Crippen LogP contribution in [0.15, 0.2) is 429 Å². The molecule has 0 radical (unpaired) electrons. The Bertz CT molecular complexity index is 8260. The molecule has 1 fully saturated rings. The van der Waals surface area contributed by atoms with Gasteiger partial charge in [0.2, 0.25) is 0 Å². The third-order valence-corrected chi connectivity index (χ3v) is 31.0. The molecule has 0 N–H and O–H groups in total. The largest absolute Gasteiger partial charge is 0.495 e. The summed E-state index contributed by atoms with van der Waals surface area (Å²) in [5, 5.41) is 5.18. The summed E-state index contributed by atoms with van der Waals surface area (Å²) in [6, 6.07) is 153. The number of aromatic nitrogens is 6. The maximum atomic E-state index is 6.86. The van der Waals surface area contributed by atoms with Crippen LogP contribution in [-0.4, -0.2) is 48.2 Å². The number of fused-ring (bicyclic) bond motifs is 26. The number of nitrogens with zero attached hydrogens (tertiary/aromatic N) is 6. The Labute approximate surface area is 802 Å². The second kappa shape index (κ2) is 33.0. The highest BCUT2D eigenvalue weighted by atomic mass is 79.9. The fraction of sp³-hybridized carbons (Fsp3) is 0.0732. The Morgan fingerprint density at radius 3 is 0.844 bits per heavy atom. The van der Waals surface area contributed by atoms with Crippen LogP contribution in [0.5, 0.6) is 0 Å². The topological polar surface area (TPSA) is 95.8 Å². The lowest BCUT2D eigenvalue weighted by Crippen LogP contribution is -2.41. The van der Waals surface area contributed by atoms with Gasteiger partial charge >= 0.3 is 7.12 Å². The SMILES string of the molecule is Brc1ccc(-c2nc(-c3ccccc3)nc(-c3ccccc3)n2)cc1.C.CC1(C)OB(c2cc3c(cc2-c2ccc4sc5ccccc5c4c2)-c2ccccc2C32c3ccccc3-c3ccccc32)OC1(C)C.[2HH].c1ccc(-c2nc(-c3ccccc3)nc(-c3ccc(-c4cc5c(cc4-c4ccc6sc7ccccc7c6c4)-c4ccccc4C54c5ccccc5-c5ccccc54)cc3)n2)cc1. The molecule has 0 bridgehead atoms. The normalized spacial score (nSPS) is 14.1. The van der Waals surface area contributed by atoms with Crippen molar-refractivity contribution in [3.63, 3.8) is 0 Å². The van der Waals surface area contributed by atoms with E-state index in [4.69, 9.17) is 34.2 Å². The molecule has 0 amide bonds. The number of benzene rings is 18. The Kier molecular flexibility index (Phi) is 20.3. The smallest absolute Gasteiger partial charge is 0.399 e. The van der Waals surface area contributed by atoms with E-state index in [2.05, 4.69) is 352 Å². The molecule has 0 unspecified atom stereocenters. The predicted octanol–water partition coefficient (Wildman–Crippen LogP) is 31.8. The summed E-state index contributed by atoms with van der Waals surface area (Å²) in [7, 11) is -0.511. The molecule has 8 nitrogen and oxygen atoms in total. The molecule has 4 aromatic heterocycles. The summed E-state index contributed by atoms with van der Waals surface area (Å²) in [5.41, 5.74) is 33.1. The van der Waals surface area contributed by atoms with Crippen molar-refractivity contribution in [2.24, 2.45) is 0 Å². The summed E-state index contributed by atoms with van der Waals surface area (Å²) in [5.74, 6) is 3.96. The van der Waals surface area contributed by atoms with Gasteiger partial charge in [-0.15, -0.1) is 22.7 Å². The molecule has 5 heterocycles. The van der Waals surface area contributed by atoms with Gasteiger partial charge in [-0.1, -0.05) is 381 Å². The van der Waals surface area contributed by atoms with Crippen molar-refractivity contribution in [3.05, 3.63) is 474 Å². The van der Waals surface area contributed by atoms with Crippen molar-refractivity contribution in [3.8, 4) is 146 Å². The number of hydrogen-bond donors (Lipinski definition) is 0. The van der Waals surface area contributed by atoms with Gasteiger partial charge in [-0.25, -0.2) is 29.9 Å². The van der Waals surface area contributed by atoms with Crippen LogP contribution in [0.2, 0.25) is 0 Å². The van der Waals surface area contributed by atoms with E-state index in [1.54, 1.807) is 0 Å². The van der Waals surface area contributed by atoms with Crippen molar-refractivity contribution in [1.29, 1.82) is 0 Å². The highest BCUT2D eigenvalue weighted by molar-refractivity contribution is 9.10. The van der Waals surface area contributed by atoms with E-state index in [9.17, 15) is 0 Å². The van der Waals surface area contributed by atoms with Crippen molar-refractivity contribution in [2.45, 2.75) is 57.2 Å². The van der Waals surface area contributed by atoms with Crippen LogP contribution >= 0.6 is 38.6 Å². The zero-order valence-electron chi connectivity index (χ0n) is 73.7. The second-order valence-corrected chi connectivity index (χ2v) is 39.2. The Balaban J connectivity index is 0.000000124. The summed E-state index contributed by atoms with van der Waals surface area (Å²) < 4.78 is 20.0. The standard InChI is InChI=1S/C58H35N3S.C43H33BO2S.C21H14BrN3.CH4.H2/c1-3-15-37(16-4-1)55-59-56(38-17-5-2-6-18-38)61-57(60-55)39-29-27-36(28-30-39)46-35-52-47(34-45(46)40-31-32-54-48(33-40)44-22-10-14-26-53(44)62-54)43-21-9-13-25-51(43)58(52)49-23-11-7-19-41(49)42-20-8-12-24-50(42)58;1-41(2)42(3,4)46-44(45-41)38-25-37-32(24-31(38)26-21-22-40-33(23-26)30-16-8-12-20-39(30)47-40)29-15-7-11-19-36(29)43(37)34-17-9-5-13-27(34)28-14-6-10-18-35(28)43;22-18-13-11-17(12-14-18)21-24-19(15-7-3-1-4-8-15)23-20(25-21)16-9-5-2-6-10-16;;/h1-35H;5-25H,1-4H3;1-14H;1H4;1H/i;;;;1+1. The van der Waals surface area contributed by atoms with Gasteiger partial charge in [-0.2, -0.15) is 0 Å². The van der Waals surface area contributed by atoms with Crippen molar-refractivity contribution in [1.82, 2.24) is 29.9 Å². The molecule has 1 aliphatic heterocycles. The monoisotopic (exact) mass is 1840 g/mol. The highest BCUT2D eigenvalue weighted by Gasteiger charge is 2.57. The van der Waals surface area contributed by atoms with Crippen LogP contribution in [0.1, 0.15) is 81.1 Å². The van der Waals surface area contributed by atoms with Crippen LogP contribution in [0.25, 0.3) is 187 Å². The van der Waals surface area contributed by atoms with E-state index in [-0.39, 0.29) is 8.85 Å². The summed E-state index contributed by atoms with van der Waals surface area (Å²) in [6.07, 6.45) is 0. The van der Waals surface area contributed by atoms with E-state index < -0.39 is 29.2 Å². The minimum absolute atomic E-state index is 0. The summed E-state index contributed by atoms with van der Waals surface area (Å²) >= 11 is 7.18. The molecule has 1 saturated heterocycles. The highest BCUT2D eigenvalue weighted by Crippen LogP contribution is 2.66. The minimum Gasteiger partial charge on any atom is -0.399 e. The molecule has 0 saturated carbocycles. The van der Waals surface area contributed by atoms with E-state index in [0.29, 0.717) is 34.9 Å². The van der Waals surface area contributed by atoms with Crippen LogP contribution in [0.3, 0.4) is 0 Å². The molecule has 0 atom stereocenters. The van der Waals surface area contributed by atoms with Crippen molar-refractivity contribution in [2.75, 3.05) is 0 Å². The summed E-state index contributed by atoms with van der Waals surface area (Å²) in [6.45, 7) is 8.57. The van der Waals surface area contributed by atoms with Crippen molar-refractivity contribution >= 4 is 91.5 Å². The Morgan fingerprint density at radius 1 is 0.222 bits per heavy atom. The predicted molar refractivity (Wildman–Crippen MR) is 566 cm³/mol. The first kappa shape index (κ1) is 83.0. The lowest BCUT2D eigenvalue weighted by molar-refractivity contribution is 0.00578. The molecule has 27 rings (SSSR count). The minimum atomic E-state index is -0.511. The van der Waals surface area contributed by atoms with Gasteiger partial charge in [0.05, 0.1) is 22.0 Å². The quantitative estimate of drug-likeness (QED) is 0.125. The average molecular weight is 1840 g/mol. The second-order valence-electron chi connectivity index (χ2n) is 36.1. The van der Waals surface area contributed by atoms with Gasteiger partial charge in [-0.05, 0) is 222 Å². The van der Waals surface area contributed by atoms with Crippen LogP contribution in [-0.2, 0) is 20.1 Å². The fourth-order valence-corrected chi connectivity index (χ4v) is 23.7. The first-order valence-corrected chi connectivity index (χ1v) is 48.0. The first-order chi connectivity index (χ1) is 65.8. The van der Waals surface area contributed by atoms with Gasteiger partial charge < -0.3 is 9.31 Å². The van der Waals surface area contributed by atoms with Gasteiger partial charge in [0.1, 0.15) is 0 Å². The molecule has 644 valence electrons. The molecular weight excluding hydrogens is 1750 g/mol. The zero-order chi connectivity index (χ0) is 89.5. The number of thiophene rings is 2. The van der Waals surface area contributed by atoms with Gasteiger partial charge in [0.25, 0.3) is 0 Å². The van der Waals surface area contributed by atoms with E-state index in [1.807, 2.05) is 144 Å². The Morgan fingerprint density at radius 2 is 0.481 bits per heavy atom. The zero-order valence-corrected chi connectivity index (χ0v) is 76.9. The number of rotatable bonds is 10. The maximum Gasteiger partial charge on any atom is 0.495 e. The van der Waals surface area contributed by atoms with E-state index in [1.165, 1.54) is 152 Å². The third-order valence-electron chi connectivity index (χ3n) is 28.1. The molecule has 5 aliphatic rings. The number of halogens is 1. The van der Waals surface area contributed by atoms with Crippen LogP contribution in [0, 0.1) is 0 Å². The van der Waals surface area contributed by atoms with Crippen molar-refractivity contribution < 1.29 is 10.7 Å². The van der Waals surface area contributed by atoms with Gasteiger partial charge in [0, 0.05) is 79.6 Å². The number of hydrogen-bond acceptors (Lipinski definition) is 10. The molecule has 2 spiro atoms. The van der Waals surface area contributed by atoms with E-state index in [0.717, 1.165) is 54.4 Å². The molecule has 12 heteroatoms.